The van der Waals surface area contributed by atoms with Crippen LogP contribution in [0.5, 0.6) is 0 Å². The van der Waals surface area contributed by atoms with Gasteiger partial charge in [0.25, 0.3) is 0 Å². The summed E-state index contributed by atoms with van der Waals surface area (Å²) >= 11 is 12.2. The Morgan fingerprint density at radius 3 is 1.71 bits per heavy atom. The number of aromatic nitrogens is 4. The van der Waals surface area contributed by atoms with Crippen LogP contribution in [0.15, 0.2) is 84.9 Å². The van der Waals surface area contributed by atoms with E-state index in [4.69, 9.17) is 23.2 Å². The number of fused-ring (bicyclic) bond motifs is 2. The third-order valence-electron chi connectivity index (χ3n) is 6.05. The van der Waals surface area contributed by atoms with Crippen molar-refractivity contribution in [1.29, 1.82) is 0 Å². The summed E-state index contributed by atoms with van der Waals surface area (Å²) in [6, 6.07) is 22.3. The minimum atomic E-state index is -0.820. The number of carbonyl (C=O) groups excluding carboxylic acids is 1. The summed E-state index contributed by atoms with van der Waals surface area (Å²) in [7, 11) is 0. The molecule has 0 aliphatic heterocycles. The van der Waals surface area contributed by atoms with Crippen molar-refractivity contribution in [3.63, 3.8) is 0 Å². The molecule has 10 heteroatoms. The number of carbonyl (C=O) groups is 1. The molecule has 0 amide bonds. The molecular weight excluding hydrogens is 569 g/mol. The summed E-state index contributed by atoms with van der Waals surface area (Å²) in [5.74, 6) is -0.773. The number of para-hydroxylation sites is 2. The van der Waals surface area contributed by atoms with Gasteiger partial charge >= 0.3 is 0 Å². The van der Waals surface area contributed by atoms with Crippen LogP contribution in [-0.4, -0.2) is 31.3 Å². The molecule has 2 aromatic heterocycles. The summed E-state index contributed by atoms with van der Waals surface area (Å²) in [5.41, 5.74) is 4.49. The van der Waals surface area contributed by atoms with Gasteiger partial charge in [0.1, 0.15) is 34.1 Å². The molecule has 0 spiro atoms. The van der Waals surface area contributed by atoms with Crippen molar-refractivity contribution in [2.75, 3.05) is 0 Å². The number of hydrogen-bond donors (Lipinski definition) is 1. The molecule has 1 unspecified atom stereocenters. The average Bonchev–Trinajstić information content (AvgIpc) is 2.96. The molecule has 41 heavy (non-hydrogen) atoms. The highest BCUT2D eigenvalue weighted by Crippen LogP contribution is 2.30. The van der Waals surface area contributed by atoms with E-state index < -0.39 is 11.9 Å². The van der Waals surface area contributed by atoms with Crippen molar-refractivity contribution < 1.29 is 18.7 Å². The summed E-state index contributed by atoms with van der Waals surface area (Å²) in [6.07, 6.45) is -0.215. The van der Waals surface area contributed by atoms with Gasteiger partial charge in [0, 0.05) is 11.1 Å². The Morgan fingerprint density at radius 1 is 0.707 bits per heavy atom. The van der Waals surface area contributed by atoms with Crippen molar-refractivity contribution in [3.05, 3.63) is 118 Å². The van der Waals surface area contributed by atoms with Crippen LogP contribution in [0.1, 0.15) is 29.2 Å². The fraction of sp³-hybridized carbons (Fsp3) is 0.0645. The van der Waals surface area contributed by atoms with Gasteiger partial charge in [-0.15, -0.1) is 0 Å². The average molecular weight is 589 g/mol. The van der Waals surface area contributed by atoms with E-state index in [2.05, 4.69) is 19.9 Å². The quantitative estimate of drug-likeness (QED) is 0.210. The monoisotopic (exact) mass is 588 g/mol. The molecule has 0 saturated carbocycles. The molecule has 6 aromatic rings. The third-order valence-corrected chi connectivity index (χ3v) is 6.66. The zero-order chi connectivity index (χ0) is 29.1. The van der Waals surface area contributed by atoms with Crippen LogP contribution in [0.25, 0.3) is 44.6 Å². The van der Waals surface area contributed by atoms with E-state index in [-0.39, 0.29) is 11.5 Å². The molecule has 1 atom stereocenters. The van der Waals surface area contributed by atoms with Gasteiger partial charge in [-0.05, 0) is 55.5 Å². The second-order valence-corrected chi connectivity index (χ2v) is 9.76. The Bertz CT molecular complexity index is 1920. The van der Waals surface area contributed by atoms with Crippen LogP contribution < -0.4 is 0 Å². The van der Waals surface area contributed by atoms with E-state index >= 15 is 0 Å². The summed E-state index contributed by atoms with van der Waals surface area (Å²) in [4.78, 5) is 28.7. The highest BCUT2D eigenvalue weighted by molar-refractivity contribution is 6.35. The molecule has 4 aromatic carbocycles. The highest BCUT2D eigenvalue weighted by atomic mass is 35.5. The lowest BCUT2D eigenvalue weighted by atomic mass is 10.1. The van der Waals surface area contributed by atoms with Crippen LogP contribution in [0.3, 0.4) is 0 Å². The Hall–Kier alpha value is -4.37. The van der Waals surface area contributed by atoms with E-state index in [1.165, 1.54) is 24.3 Å². The zero-order valence-electron chi connectivity index (χ0n) is 21.4. The number of nitrogens with zero attached hydrogens (tertiary/aromatic N) is 4. The van der Waals surface area contributed by atoms with Gasteiger partial charge in [-0.3, -0.25) is 4.79 Å². The van der Waals surface area contributed by atoms with Gasteiger partial charge in [0.05, 0.1) is 38.6 Å². The van der Waals surface area contributed by atoms with Gasteiger partial charge in [0.2, 0.25) is 0 Å². The maximum Gasteiger partial charge on any atom is 0.170 e. The lowest BCUT2D eigenvalue weighted by Crippen LogP contribution is -2.03. The van der Waals surface area contributed by atoms with Gasteiger partial charge in [0.15, 0.2) is 6.29 Å². The molecule has 0 bridgehead atoms. The van der Waals surface area contributed by atoms with E-state index in [0.717, 1.165) is 0 Å². The predicted octanol–water partition coefficient (Wildman–Crippen LogP) is 8.04. The van der Waals surface area contributed by atoms with Crippen molar-refractivity contribution in [2.24, 2.45) is 0 Å². The maximum absolute atomic E-state index is 13.4. The number of aliphatic hydroxyl groups is 1. The second kappa shape index (κ2) is 12.0. The van der Waals surface area contributed by atoms with Gasteiger partial charge < -0.3 is 5.11 Å². The number of benzene rings is 4. The fourth-order valence-corrected chi connectivity index (χ4v) is 4.61. The topological polar surface area (TPSA) is 88.9 Å². The van der Waals surface area contributed by atoms with Crippen molar-refractivity contribution >= 4 is 51.6 Å². The first kappa shape index (κ1) is 28.2. The van der Waals surface area contributed by atoms with Crippen LogP contribution in [-0.2, 0) is 0 Å². The molecule has 204 valence electrons. The molecule has 0 fully saturated rings. The van der Waals surface area contributed by atoms with Gasteiger partial charge in [-0.1, -0.05) is 59.6 Å². The van der Waals surface area contributed by atoms with E-state index in [0.29, 0.717) is 66.6 Å². The minimum Gasteiger partial charge on any atom is -0.387 e. The summed E-state index contributed by atoms with van der Waals surface area (Å²) in [6.45, 7) is 1.60. The minimum absolute atomic E-state index is 0.158. The molecule has 2 heterocycles. The third kappa shape index (κ3) is 6.05. The molecule has 0 saturated heterocycles. The zero-order valence-corrected chi connectivity index (χ0v) is 22.9. The van der Waals surface area contributed by atoms with E-state index in [9.17, 15) is 18.7 Å². The van der Waals surface area contributed by atoms with Crippen molar-refractivity contribution in [3.8, 4) is 22.5 Å². The largest absolute Gasteiger partial charge is 0.387 e. The van der Waals surface area contributed by atoms with Crippen molar-refractivity contribution in [2.45, 2.75) is 13.0 Å². The Kier molecular flexibility index (Phi) is 8.26. The molecule has 6 nitrogen and oxygen atoms in total. The Labute approximate surface area is 243 Å². The van der Waals surface area contributed by atoms with E-state index in [1.807, 2.05) is 0 Å². The highest BCUT2D eigenvalue weighted by Gasteiger charge is 2.17. The standard InChI is InChI=1S/C16H12ClFN2O.C15H8ClFN2O/c1-9(21)14-15(10-4-2-5-11(18)8-10)20-16-12(17)6-3-7-13(16)19-14;16-11-5-2-6-12-15(11)19-14(13(8-20)18-12)9-3-1-4-10(17)7-9/h2-9,21H,1H3;1-8H. The lowest BCUT2D eigenvalue weighted by molar-refractivity contribution is 0.111. The summed E-state index contributed by atoms with van der Waals surface area (Å²) < 4.78 is 26.8. The maximum atomic E-state index is 13.4. The molecule has 0 aliphatic rings. The van der Waals surface area contributed by atoms with Crippen LogP contribution in [0.4, 0.5) is 8.78 Å². The first-order chi connectivity index (χ1) is 19.7. The lowest BCUT2D eigenvalue weighted by Gasteiger charge is -2.12. The fourth-order valence-electron chi connectivity index (χ4n) is 4.18. The van der Waals surface area contributed by atoms with Crippen molar-refractivity contribution in [1.82, 2.24) is 19.9 Å². The number of rotatable bonds is 4. The molecule has 6 rings (SSSR count). The Balaban J connectivity index is 0.000000165. The second-order valence-electron chi connectivity index (χ2n) is 8.94. The smallest absolute Gasteiger partial charge is 0.170 e. The number of halogens is 4. The number of hydrogen-bond acceptors (Lipinski definition) is 6. The molecule has 0 aliphatic carbocycles. The van der Waals surface area contributed by atoms with Gasteiger partial charge in [-0.25, -0.2) is 28.7 Å². The first-order valence-electron chi connectivity index (χ1n) is 12.3. The predicted molar refractivity (Wildman–Crippen MR) is 156 cm³/mol. The van der Waals surface area contributed by atoms with Crippen LogP contribution in [0, 0.1) is 11.6 Å². The van der Waals surface area contributed by atoms with Crippen LogP contribution >= 0.6 is 23.2 Å². The van der Waals surface area contributed by atoms with Gasteiger partial charge in [-0.2, -0.15) is 0 Å². The molecule has 1 N–H and O–H groups in total. The SMILES string of the molecule is CC(O)c1nc2cccc(Cl)c2nc1-c1cccc(F)c1.O=Cc1nc2cccc(Cl)c2nc1-c1cccc(F)c1. The van der Waals surface area contributed by atoms with E-state index in [1.54, 1.807) is 67.6 Å². The molecule has 0 radical (unpaired) electrons. The summed E-state index contributed by atoms with van der Waals surface area (Å²) in [5, 5.41) is 10.8. The number of aliphatic hydroxyl groups excluding tert-OH is 1. The molecular formula is C31H20Cl2F2N4O2. The Morgan fingerprint density at radius 2 is 1.20 bits per heavy atom. The normalized spacial score (nSPS) is 11.7. The first-order valence-corrected chi connectivity index (χ1v) is 13.1. The van der Waals surface area contributed by atoms with Crippen LogP contribution in [0.2, 0.25) is 10.0 Å². The number of aldehydes is 1.